The highest BCUT2D eigenvalue weighted by molar-refractivity contribution is 5.98. The van der Waals surface area contributed by atoms with E-state index in [0.29, 0.717) is 72.7 Å². The van der Waals surface area contributed by atoms with E-state index in [2.05, 4.69) is 0 Å². The van der Waals surface area contributed by atoms with Crippen molar-refractivity contribution in [3.63, 3.8) is 0 Å². The molecule has 10 heteroatoms. The number of likely N-dealkylation sites (N-methyl/N-ethyl adjacent to an activating group) is 2. The molecule has 2 aromatic carbocycles. The van der Waals surface area contributed by atoms with Crippen LogP contribution in [0.25, 0.3) is 11.1 Å². The molecule has 4 rings (SSSR count). The highest BCUT2D eigenvalue weighted by Gasteiger charge is 2.29. The maximum absolute atomic E-state index is 13.0. The Hall–Kier alpha value is -1.50. The Morgan fingerprint density at radius 2 is 0.857 bits per heavy atom. The third-order valence-electron chi connectivity index (χ3n) is 7.47. The average molecular weight is 715 g/mol. The number of nitrogens with zero attached hydrogens (tertiary/aromatic N) is 2. The van der Waals surface area contributed by atoms with Crippen LogP contribution in [0.4, 0.5) is 0 Å². The van der Waals surface area contributed by atoms with Gasteiger partial charge < -0.3 is 61.9 Å². The monoisotopic (exact) mass is 712 g/mol. The van der Waals surface area contributed by atoms with Crippen LogP contribution in [0.1, 0.15) is 46.4 Å². The molecule has 0 radical (unpaired) electrons. The standard InChI is InChI=1S/C32H46N2O6.2BrH/c1-33(2,23-31-37-17-5-6-18-38-31)21-29(35)27-13-9-25(10-14-27)26-11-15-28(16-12-26)30(36)22-34(3,4)24-32-39-19-7-8-20-40-32;;/h9-16,31-32H,5-8,17-24H2,1-4H3;2*1H/q+2;;/p-2. The fourth-order valence-electron chi connectivity index (χ4n) is 5.17. The van der Waals surface area contributed by atoms with Gasteiger partial charge in [0.05, 0.1) is 54.6 Å². The van der Waals surface area contributed by atoms with Crippen LogP contribution >= 0.6 is 0 Å². The molecular weight excluding hydrogens is 668 g/mol. The summed E-state index contributed by atoms with van der Waals surface area (Å²) in [5, 5.41) is 0. The molecule has 0 amide bonds. The molecule has 2 aliphatic heterocycles. The lowest BCUT2D eigenvalue weighted by molar-refractivity contribution is -0.888. The zero-order valence-electron chi connectivity index (χ0n) is 25.4. The number of rotatable bonds is 11. The molecule has 2 heterocycles. The maximum atomic E-state index is 13.0. The fourth-order valence-corrected chi connectivity index (χ4v) is 5.17. The van der Waals surface area contributed by atoms with Crippen LogP contribution in [0.3, 0.4) is 0 Å². The highest BCUT2D eigenvalue weighted by Crippen LogP contribution is 2.22. The first-order valence-corrected chi connectivity index (χ1v) is 14.5. The van der Waals surface area contributed by atoms with E-state index in [0.717, 1.165) is 36.8 Å². The van der Waals surface area contributed by atoms with E-state index in [4.69, 9.17) is 18.9 Å². The van der Waals surface area contributed by atoms with Crippen LogP contribution in [0, 0.1) is 0 Å². The lowest BCUT2D eigenvalue weighted by Gasteiger charge is -2.32. The smallest absolute Gasteiger partial charge is 0.216 e. The molecule has 0 aliphatic carbocycles. The molecule has 2 saturated heterocycles. The summed E-state index contributed by atoms with van der Waals surface area (Å²) in [6.45, 7) is 4.82. The molecule has 0 unspecified atom stereocenters. The van der Waals surface area contributed by atoms with E-state index in [1.807, 2.05) is 76.7 Å². The number of carbonyl (C=O) groups excluding carboxylic acids is 2. The minimum Gasteiger partial charge on any atom is -1.00 e. The number of quaternary nitrogens is 2. The molecule has 42 heavy (non-hydrogen) atoms. The van der Waals surface area contributed by atoms with Gasteiger partial charge in [-0.1, -0.05) is 48.5 Å². The number of benzene rings is 2. The van der Waals surface area contributed by atoms with Gasteiger partial charge in [0.1, 0.15) is 26.2 Å². The van der Waals surface area contributed by atoms with Crippen LogP contribution in [0.5, 0.6) is 0 Å². The van der Waals surface area contributed by atoms with Crippen LogP contribution in [0.15, 0.2) is 48.5 Å². The molecule has 2 aliphatic rings. The topological polar surface area (TPSA) is 71.1 Å². The van der Waals surface area contributed by atoms with Crippen molar-refractivity contribution in [1.29, 1.82) is 0 Å². The van der Waals surface area contributed by atoms with Gasteiger partial charge in [-0.15, -0.1) is 0 Å². The van der Waals surface area contributed by atoms with Gasteiger partial charge in [0.25, 0.3) is 0 Å². The molecule has 0 atom stereocenters. The molecular formula is C32H46Br2N2O6. The Bertz CT molecular complexity index is 1020. The zero-order chi connectivity index (χ0) is 28.6. The van der Waals surface area contributed by atoms with E-state index in [-0.39, 0.29) is 58.1 Å². The van der Waals surface area contributed by atoms with Gasteiger partial charge in [-0.3, -0.25) is 9.59 Å². The predicted octanol–water partition coefficient (Wildman–Crippen LogP) is -1.81. The van der Waals surface area contributed by atoms with E-state index in [1.165, 1.54) is 0 Å². The zero-order valence-corrected chi connectivity index (χ0v) is 28.5. The first-order chi connectivity index (χ1) is 19.1. The van der Waals surface area contributed by atoms with Crippen LogP contribution in [-0.4, -0.2) is 114 Å². The van der Waals surface area contributed by atoms with Gasteiger partial charge in [0.2, 0.25) is 24.1 Å². The van der Waals surface area contributed by atoms with Crippen LogP contribution in [-0.2, 0) is 18.9 Å². The SMILES string of the molecule is C[N+](C)(CC(=O)c1ccc(-c2ccc(C(=O)C[N+](C)(C)CC3OCCCCO3)cc2)cc1)CC1OCCCCO1.[Br-].[Br-]. The fraction of sp³-hybridized carbons (Fsp3) is 0.562. The number of hydrogen-bond acceptors (Lipinski definition) is 6. The number of hydrogen-bond donors (Lipinski definition) is 0. The Balaban J connectivity index is 0.00000308. The molecule has 0 spiro atoms. The number of ketones is 2. The first-order valence-electron chi connectivity index (χ1n) is 14.5. The number of ether oxygens (including phenoxy) is 4. The van der Waals surface area contributed by atoms with Crippen LogP contribution < -0.4 is 34.0 Å². The molecule has 2 aromatic rings. The maximum Gasteiger partial charge on any atom is 0.216 e. The Kier molecular flexibility index (Phi) is 14.9. The van der Waals surface area contributed by atoms with Gasteiger partial charge in [-0.05, 0) is 36.8 Å². The van der Waals surface area contributed by atoms with E-state index in [1.54, 1.807) is 0 Å². The minimum atomic E-state index is -0.267. The van der Waals surface area contributed by atoms with Crippen molar-refractivity contribution >= 4 is 11.6 Å². The molecule has 0 N–H and O–H groups in total. The third kappa shape index (κ3) is 11.5. The average Bonchev–Trinajstić information content (AvgIpc) is 3.32. The second-order valence-electron chi connectivity index (χ2n) is 12.3. The Labute approximate surface area is 272 Å². The summed E-state index contributed by atoms with van der Waals surface area (Å²) in [5.74, 6) is 0.179. The van der Waals surface area contributed by atoms with E-state index < -0.39 is 0 Å². The van der Waals surface area contributed by atoms with Crippen molar-refractivity contribution in [2.45, 2.75) is 38.3 Å². The molecule has 8 nitrogen and oxygen atoms in total. The Morgan fingerprint density at radius 1 is 0.571 bits per heavy atom. The van der Waals surface area contributed by atoms with Crippen molar-refractivity contribution < 1.29 is 71.5 Å². The summed E-state index contributed by atoms with van der Waals surface area (Å²) in [6.07, 6.45) is 3.51. The summed E-state index contributed by atoms with van der Waals surface area (Å²) in [4.78, 5) is 26.1. The van der Waals surface area contributed by atoms with Crippen molar-refractivity contribution in [1.82, 2.24) is 0 Å². The molecule has 0 saturated carbocycles. The first kappa shape index (κ1) is 36.7. The summed E-state index contributed by atoms with van der Waals surface area (Å²) in [5.41, 5.74) is 3.38. The van der Waals surface area contributed by atoms with Gasteiger partial charge in [-0.2, -0.15) is 0 Å². The highest BCUT2D eigenvalue weighted by atomic mass is 79.9. The van der Waals surface area contributed by atoms with Crippen molar-refractivity contribution in [3.8, 4) is 11.1 Å². The minimum absolute atomic E-state index is 0. The largest absolute Gasteiger partial charge is 1.00 e. The summed E-state index contributed by atoms with van der Waals surface area (Å²) in [6, 6.07) is 15.4. The third-order valence-corrected chi connectivity index (χ3v) is 7.47. The van der Waals surface area contributed by atoms with Gasteiger partial charge in [0, 0.05) is 11.1 Å². The molecule has 0 bridgehead atoms. The van der Waals surface area contributed by atoms with Gasteiger partial charge in [0.15, 0.2) is 0 Å². The number of halogens is 2. The molecule has 2 fully saturated rings. The van der Waals surface area contributed by atoms with Crippen LogP contribution in [0.2, 0.25) is 0 Å². The van der Waals surface area contributed by atoms with E-state index >= 15 is 0 Å². The second-order valence-corrected chi connectivity index (χ2v) is 12.3. The quantitative estimate of drug-likeness (QED) is 0.202. The summed E-state index contributed by atoms with van der Waals surface area (Å²) < 4.78 is 24.2. The summed E-state index contributed by atoms with van der Waals surface area (Å²) >= 11 is 0. The lowest BCUT2D eigenvalue weighted by atomic mass is 10.00. The molecule has 234 valence electrons. The Morgan fingerprint density at radius 3 is 1.14 bits per heavy atom. The van der Waals surface area contributed by atoms with E-state index in [9.17, 15) is 9.59 Å². The van der Waals surface area contributed by atoms with Gasteiger partial charge in [-0.25, -0.2) is 0 Å². The predicted molar refractivity (Wildman–Crippen MR) is 154 cm³/mol. The van der Waals surface area contributed by atoms with Gasteiger partial charge >= 0.3 is 0 Å². The summed E-state index contributed by atoms with van der Waals surface area (Å²) in [7, 11) is 8.13. The normalized spacial score (nSPS) is 17.3. The van der Waals surface area contributed by atoms with Crippen molar-refractivity contribution in [2.24, 2.45) is 0 Å². The number of Topliss-reactive ketones (excluding diaryl/α,β-unsaturated/α-hetero) is 2. The van der Waals surface area contributed by atoms with Crippen molar-refractivity contribution in [3.05, 3.63) is 59.7 Å². The molecule has 0 aromatic heterocycles. The van der Waals surface area contributed by atoms with Crippen molar-refractivity contribution in [2.75, 3.05) is 80.8 Å². The number of carbonyl (C=O) groups is 2. The lowest BCUT2D eigenvalue weighted by Crippen LogP contribution is -3.00. The second kappa shape index (κ2) is 17.1.